The first-order valence-corrected chi connectivity index (χ1v) is 15.1. The molecule has 0 amide bonds. The molecule has 1 heterocycles. The molecule has 0 saturated heterocycles. The van der Waals surface area contributed by atoms with Crippen LogP contribution in [0.1, 0.15) is 29.7 Å². The van der Waals surface area contributed by atoms with E-state index in [0.717, 1.165) is 82.8 Å². The summed E-state index contributed by atoms with van der Waals surface area (Å²) in [5.41, 5.74) is 8.53. The van der Waals surface area contributed by atoms with Crippen LogP contribution in [0, 0.1) is 17.8 Å². The van der Waals surface area contributed by atoms with Gasteiger partial charge in [0, 0.05) is 23.4 Å². The van der Waals surface area contributed by atoms with Gasteiger partial charge in [-0.05, 0) is 102 Å². The average Bonchev–Trinajstić information content (AvgIpc) is 3.59. The number of nitrogens with zero attached hydrogens (tertiary/aromatic N) is 2. The fraction of sp³-hybridized carbons (Fsp3) is 0.270. The summed E-state index contributed by atoms with van der Waals surface area (Å²) in [6, 6.07) is 29.7. The highest BCUT2D eigenvalue weighted by Crippen LogP contribution is 2.53. The number of methoxy groups -OCH3 is 1. The summed E-state index contributed by atoms with van der Waals surface area (Å²) in [6.07, 6.45) is -0.505. The van der Waals surface area contributed by atoms with E-state index in [0.29, 0.717) is 17.8 Å². The zero-order chi connectivity index (χ0) is 30.4. The third-order valence-corrected chi connectivity index (χ3v) is 9.49. The number of hydrogen-bond donors (Lipinski definition) is 1. The highest BCUT2D eigenvalue weighted by Gasteiger charge is 2.49. The first-order chi connectivity index (χ1) is 21.3. The molecule has 1 aromatic heterocycles. The van der Waals surface area contributed by atoms with Crippen molar-refractivity contribution >= 4 is 0 Å². The molecule has 4 aromatic carbocycles. The summed E-state index contributed by atoms with van der Waals surface area (Å²) in [5.74, 6) is 2.35. The number of aromatic nitrogens is 2. The third-order valence-electron chi connectivity index (χ3n) is 9.49. The average molecular weight is 595 g/mol. The summed E-state index contributed by atoms with van der Waals surface area (Å²) < 4.78 is 46.5. The van der Waals surface area contributed by atoms with Crippen LogP contribution in [0.25, 0.3) is 39.2 Å². The number of hydrogen-bond acceptors (Lipinski definition) is 3. The summed E-state index contributed by atoms with van der Waals surface area (Å²) in [6.45, 7) is 0.253. The number of alkyl halides is 3. The molecular weight excluding hydrogens is 561 g/mol. The van der Waals surface area contributed by atoms with Crippen LogP contribution in [0.15, 0.2) is 97.1 Å². The third kappa shape index (κ3) is 5.30. The van der Waals surface area contributed by atoms with E-state index in [-0.39, 0.29) is 6.61 Å². The predicted molar refractivity (Wildman–Crippen MR) is 166 cm³/mol. The summed E-state index contributed by atoms with van der Waals surface area (Å²) >= 11 is 0. The van der Waals surface area contributed by atoms with Crippen molar-refractivity contribution in [2.24, 2.45) is 17.8 Å². The Balaban J connectivity index is 1.22. The Kier molecular flexibility index (Phi) is 7.29. The van der Waals surface area contributed by atoms with Crippen molar-refractivity contribution in [1.29, 1.82) is 0 Å². The molecule has 7 rings (SSSR count). The molecule has 1 saturated carbocycles. The van der Waals surface area contributed by atoms with Gasteiger partial charge in [0.2, 0.25) is 0 Å². The van der Waals surface area contributed by atoms with Crippen molar-refractivity contribution in [3.8, 4) is 44.9 Å². The standard InChI is InChI=1S/C37H33F3N2O2/c1-44-30-16-10-26(11-17-30)25-8-14-29(15-9-25)42-35-21-20-32-31(34(32)22-43)18-19-33(35)36(41-42)27-4-2-23(3-5-27)24-6-12-28(13-7-24)37(38,39)40/h2-17,31-32,34,43H,18-22H2,1H3/t31-,32+,34-/m0/s1. The largest absolute Gasteiger partial charge is 0.497 e. The molecule has 5 aromatic rings. The number of aliphatic hydroxyl groups is 1. The maximum atomic E-state index is 13.0. The highest BCUT2D eigenvalue weighted by molar-refractivity contribution is 5.72. The van der Waals surface area contributed by atoms with Gasteiger partial charge in [0.15, 0.2) is 0 Å². The fourth-order valence-corrected chi connectivity index (χ4v) is 6.97. The maximum absolute atomic E-state index is 13.0. The van der Waals surface area contributed by atoms with E-state index in [4.69, 9.17) is 9.84 Å². The van der Waals surface area contributed by atoms with Crippen LogP contribution >= 0.6 is 0 Å². The van der Waals surface area contributed by atoms with Crippen molar-refractivity contribution in [3.63, 3.8) is 0 Å². The van der Waals surface area contributed by atoms with E-state index in [9.17, 15) is 18.3 Å². The second kappa shape index (κ2) is 11.3. The van der Waals surface area contributed by atoms with Gasteiger partial charge in [-0.2, -0.15) is 18.3 Å². The van der Waals surface area contributed by atoms with Crippen LogP contribution < -0.4 is 4.74 Å². The van der Waals surface area contributed by atoms with Crippen molar-refractivity contribution in [1.82, 2.24) is 9.78 Å². The number of rotatable bonds is 6. The summed E-state index contributed by atoms with van der Waals surface area (Å²) in [7, 11) is 1.66. The molecule has 44 heavy (non-hydrogen) atoms. The second-order valence-corrected chi connectivity index (χ2v) is 11.9. The van der Waals surface area contributed by atoms with E-state index >= 15 is 0 Å². The molecule has 3 atom stereocenters. The first-order valence-electron chi connectivity index (χ1n) is 15.1. The van der Waals surface area contributed by atoms with E-state index in [1.807, 2.05) is 48.5 Å². The maximum Gasteiger partial charge on any atom is 0.416 e. The Morgan fingerprint density at radius 3 is 1.77 bits per heavy atom. The quantitative estimate of drug-likeness (QED) is 0.214. The van der Waals surface area contributed by atoms with E-state index in [2.05, 4.69) is 28.9 Å². The van der Waals surface area contributed by atoms with Gasteiger partial charge in [0.1, 0.15) is 5.75 Å². The van der Waals surface area contributed by atoms with Gasteiger partial charge in [-0.15, -0.1) is 0 Å². The Bertz CT molecular complexity index is 1760. The molecule has 1 fully saturated rings. The number of fused-ring (bicyclic) bond motifs is 2. The Morgan fingerprint density at radius 2 is 1.23 bits per heavy atom. The molecule has 1 N–H and O–H groups in total. The van der Waals surface area contributed by atoms with E-state index < -0.39 is 11.7 Å². The van der Waals surface area contributed by atoms with Crippen molar-refractivity contribution < 1.29 is 23.0 Å². The smallest absolute Gasteiger partial charge is 0.416 e. The van der Waals surface area contributed by atoms with Crippen molar-refractivity contribution in [3.05, 3.63) is 114 Å². The highest BCUT2D eigenvalue weighted by atomic mass is 19.4. The second-order valence-electron chi connectivity index (χ2n) is 11.9. The molecule has 0 radical (unpaired) electrons. The molecule has 2 aliphatic carbocycles. The Labute approximate surface area is 254 Å². The molecule has 0 unspecified atom stereocenters. The molecular formula is C37H33F3N2O2. The molecule has 2 aliphatic rings. The van der Waals surface area contributed by atoms with Crippen LogP contribution in [0.2, 0.25) is 0 Å². The summed E-state index contributed by atoms with van der Waals surface area (Å²) in [5, 5.41) is 15.1. The predicted octanol–water partition coefficient (Wildman–Crippen LogP) is 8.63. The van der Waals surface area contributed by atoms with Crippen LogP contribution in [0.4, 0.5) is 13.2 Å². The van der Waals surface area contributed by atoms with E-state index in [1.165, 1.54) is 23.4 Å². The monoisotopic (exact) mass is 594 g/mol. The molecule has 4 nitrogen and oxygen atoms in total. The lowest BCUT2D eigenvalue weighted by Gasteiger charge is -2.13. The lowest BCUT2D eigenvalue weighted by molar-refractivity contribution is -0.137. The SMILES string of the molecule is COc1ccc(-c2ccc(-n3nc(-c4ccc(-c5ccc(C(F)(F)F)cc5)cc4)c4c3CC[C@H]3[C@@H](CO)[C@H]3CC4)cc2)cc1. The van der Waals surface area contributed by atoms with Gasteiger partial charge >= 0.3 is 6.18 Å². The summed E-state index contributed by atoms with van der Waals surface area (Å²) in [4.78, 5) is 0. The van der Waals surface area contributed by atoms with Gasteiger partial charge in [0.05, 0.1) is 24.1 Å². The topological polar surface area (TPSA) is 47.3 Å². The fourth-order valence-electron chi connectivity index (χ4n) is 6.97. The van der Waals surface area contributed by atoms with Gasteiger partial charge in [-0.3, -0.25) is 0 Å². The van der Waals surface area contributed by atoms with Crippen LogP contribution in [-0.2, 0) is 19.0 Å². The lowest BCUT2D eigenvalue weighted by atomic mass is 9.94. The molecule has 7 heteroatoms. The number of aliphatic hydroxyl groups excluding tert-OH is 1. The van der Waals surface area contributed by atoms with Crippen LogP contribution in [0.3, 0.4) is 0 Å². The minimum atomic E-state index is -4.36. The van der Waals surface area contributed by atoms with Gasteiger partial charge in [0.25, 0.3) is 0 Å². The Morgan fingerprint density at radius 1 is 0.727 bits per heavy atom. The van der Waals surface area contributed by atoms with E-state index in [1.54, 1.807) is 7.11 Å². The molecule has 0 aliphatic heterocycles. The number of benzene rings is 4. The Hall–Kier alpha value is -4.36. The van der Waals surface area contributed by atoms with Crippen LogP contribution in [-0.4, -0.2) is 28.6 Å². The minimum Gasteiger partial charge on any atom is -0.497 e. The molecule has 224 valence electrons. The lowest BCUT2D eigenvalue weighted by Crippen LogP contribution is -2.07. The molecule has 0 spiro atoms. The molecule has 0 bridgehead atoms. The van der Waals surface area contributed by atoms with Gasteiger partial charge in [-0.25, -0.2) is 4.68 Å². The van der Waals surface area contributed by atoms with Crippen molar-refractivity contribution in [2.75, 3.05) is 13.7 Å². The van der Waals surface area contributed by atoms with Gasteiger partial charge < -0.3 is 9.84 Å². The zero-order valence-electron chi connectivity index (χ0n) is 24.4. The van der Waals surface area contributed by atoms with Gasteiger partial charge in [-0.1, -0.05) is 60.7 Å². The van der Waals surface area contributed by atoms with Crippen molar-refractivity contribution in [2.45, 2.75) is 31.9 Å². The number of ether oxygens (including phenoxy) is 1. The first kappa shape index (κ1) is 28.4. The normalized spacial score (nSPS) is 19.4. The van der Waals surface area contributed by atoms with Crippen LogP contribution in [0.5, 0.6) is 5.75 Å². The zero-order valence-corrected chi connectivity index (χ0v) is 24.4. The number of halogens is 3. The minimum absolute atomic E-state index is 0.253.